The van der Waals surface area contributed by atoms with E-state index in [1.54, 1.807) is 0 Å². The van der Waals surface area contributed by atoms with Crippen molar-refractivity contribution in [1.82, 2.24) is 0 Å². The molecule has 0 aromatic carbocycles. The third kappa shape index (κ3) is 4.20. The largest absolute Gasteiger partial charge is 0.478 e. The molecule has 9 unspecified atom stereocenters. The molecule has 4 aliphatic rings. The molecule has 4 aliphatic carbocycles. The average Bonchev–Trinajstić information content (AvgIpc) is 3.05. The van der Waals surface area contributed by atoms with Gasteiger partial charge in [-0.05, 0) is 73.8 Å². The first-order valence-corrected chi connectivity index (χ1v) is 14.4. The Kier molecular flexibility index (Phi) is 7.64. The molecule has 0 aromatic heterocycles. The molecule has 39 heavy (non-hydrogen) atoms. The van der Waals surface area contributed by atoms with Crippen molar-refractivity contribution in [2.75, 3.05) is 6.61 Å². The van der Waals surface area contributed by atoms with Crippen molar-refractivity contribution in [2.45, 2.75) is 105 Å². The first kappa shape index (κ1) is 30.1. The summed E-state index contributed by atoms with van der Waals surface area (Å²) in [5.74, 6) is -1.64. The number of carbonyl (C=O) groups is 3. The smallest absolute Gasteiger partial charge is 0.331 e. The van der Waals surface area contributed by atoms with Gasteiger partial charge in [-0.15, -0.1) is 0 Å². The van der Waals surface area contributed by atoms with E-state index in [2.05, 4.69) is 0 Å². The Hall–Kier alpha value is -1.87. The van der Waals surface area contributed by atoms with E-state index in [4.69, 9.17) is 0 Å². The minimum absolute atomic E-state index is 0.0478. The topological polar surface area (TPSA) is 152 Å². The van der Waals surface area contributed by atoms with Crippen LogP contribution in [0.25, 0.3) is 0 Å². The highest BCUT2D eigenvalue weighted by atomic mass is 16.4. The van der Waals surface area contributed by atoms with Crippen molar-refractivity contribution in [3.05, 3.63) is 22.8 Å². The molecule has 0 aliphatic heterocycles. The van der Waals surface area contributed by atoms with Gasteiger partial charge in [0.1, 0.15) is 5.78 Å². The zero-order valence-corrected chi connectivity index (χ0v) is 24.2. The number of aliphatic hydroxyl groups excluding tert-OH is 4. The van der Waals surface area contributed by atoms with Gasteiger partial charge in [0.25, 0.3) is 0 Å². The molecule has 4 rings (SSSR count). The number of rotatable bonds is 7. The molecule has 8 heteroatoms. The standard InChI is InChI=1S/C31H46O8/c1-16(11-18(33)12-17(2)27(38)39)19-13-24(37)31(9-10-32)26-20(34)14-22-28(3,4)23(36)7-8-29(22,5)25(26)21(35)15-30(19,31)6/h12,16,18-20,22,24,32-34,37H,7-11,13-15H2,1-6H3,(H,38,39). The van der Waals surface area contributed by atoms with Crippen LogP contribution in [0.5, 0.6) is 0 Å². The Morgan fingerprint density at radius 1 is 1.13 bits per heavy atom. The summed E-state index contributed by atoms with van der Waals surface area (Å²) in [4.78, 5) is 38.4. The molecule has 0 spiro atoms. The number of aliphatic hydroxyl groups is 4. The van der Waals surface area contributed by atoms with E-state index < -0.39 is 45.9 Å². The lowest BCUT2D eigenvalue weighted by molar-refractivity contribution is -0.147. The molecule has 0 amide bonds. The second-order valence-corrected chi connectivity index (χ2v) is 13.9. The van der Waals surface area contributed by atoms with Crippen LogP contribution in [0.1, 0.15) is 86.5 Å². The molecule has 0 heterocycles. The maximum atomic E-state index is 14.2. The first-order chi connectivity index (χ1) is 18.0. The number of hydrogen-bond donors (Lipinski definition) is 5. The van der Waals surface area contributed by atoms with Crippen molar-refractivity contribution in [2.24, 2.45) is 39.4 Å². The van der Waals surface area contributed by atoms with E-state index >= 15 is 0 Å². The van der Waals surface area contributed by atoms with E-state index in [-0.39, 0.29) is 60.8 Å². The number of carboxylic acids is 1. The summed E-state index contributed by atoms with van der Waals surface area (Å²) in [6.45, 7) is 11.0. The Morgan fingerprint density at radius 3 is 2.36 bits per heavy atom. The van der Waals surface area contributed by atoms with Crippen LogP contribution in [0, 0.1) is 39.4 Å². The molecular weight excluding hydrogens is 500 g/mol. The number of fused-ring (bicyclic) bond motifs is 4. The van der Waals surface area contributed by atoms with Crippen molar-refractivity contribution >= 4 is 17.5 Å². The lowest BCUT2D eigenvalue weighted by atomic mass is 9.41. The predicted octanol–water partition coefficient (Wildman–Crippen LogP) is 3.21. The van der Waals surface area contributed by atoms with Gasteiger partial charge < -0.3 is 25.5 Å². The van der Waals surface area contributed by atoms with Gasteiger partial charge in [0.2, 0.25) is 0 Å². The number of carbonyl (C=O) groups excluding carboxylic acids is 2. The third-order valence-corrected chi connectivity index (χ3v) is 11.6. The van der Waals surface area contributed by atoms with Crippen LogP contribution < -0.4 is 0 Å². The number of ketones is 2. The van der Waals surface area contributed by atoms with E-state index in [9.17, 15) is 39.9 Å². The lowest BCUT2D eigenvalue weighted by Gasteiger charge is -2.62. The van der Waals surface area contributed by atoms with Crippen LogP contribution >= 0.6 is 0 Å². The fourth-order valence-corrected chi connectivity index (χ4v) is 9.73. The highest BCUT2D eigenvalue weighted by Gasteiger charge is 2.71. The van der Waals surface area contributed by atoms with Crippen molar-refractivity contribution in [1.29, 1.82) is 0 Å². The summed E-state index contributed by atoms with van der Waals surface area (Å²) in [6, 6.07) is 0. The Bertz CT molecular complexity index is 1120. The quantitative estimate of drug-likeness (QED) is 0.305. The molecule has 8 nitrogen and oxygen atoms in total. The zero-order chi connectivity index (χ0) is 29.3. The summed E-state index contributed by atoms with van der Waals surface area (Å²) in [7, 11) is 0. The molecule has 218 valence electrons. The van der Waals surface area contributed by atoms with Crippen molar-refractivity contribution in [3.63, 3.8) is 0 Å². The first-order valence-electron chi connectivity index (χ1n) is 14.4. The number of allylic oxidation sites excluding steroid dienone is 1. The normalized spacial score (nSPS) is 41.5. The summed E-state index contributed by atoms with van der Waals surface area (Å²) >= 11 is 0. The second kappa shape index (κ2) is 9.89. The summed E-state index contributed by atoms with van der Waals surface area (Å²) in [6.07, 6.45) is 0.499. The molecule has 2 fully saturated rings. The maximum Gasteiger partial charge on any atom is 0.331 e. The third-order valence-electron chi connectivity index (χ3n) is 11.6. The summed E-state index contributed by atoms with van der Waals surface area (Å²) < 4.78 is 0. The Morgan fingerprint density at radius 2 is 1.77 bits per heavy atom. The van der Waals surface area contributed by atoms with E-state index in [1.807, 2.05) is 34.6 Å². The average molecular weight is 547 g/mol. The van der Waals surface area contributed by atoms with Gasteiger partial charge in [-0.25, -0.2) is 4.79 Å². The zero-order valence-electron chi connectivity index (χ0n) is 24.2. The number of carboxylic acid groups (broad SMARTS) is 1. The Balaban J connectivity index is 1.83. The minimum atomic E-state index is -1.10. The number of hydrogen-bond acceptors (Lipinski definition) is 7. The van der Waals surface area contributed by atoms with Crippen molar-refractivity contribution < 1.29 is 39.9 Å². The molecular formula is C31H46O8. The van der Waals surface area contributed by atoms with Gasteiger partial charge in [-0.1, -0.05) is 34.6 Å². The van der Waals surface area contributed by atoms with Gasteiger partial charge >= 0.3 is 5.97 Å². The molecule has 0 aromatic rings. The second-order valence-electron chi connectivity index (χ2n) is 13.9. The van der Waals surface area contributed by atoms with E-state index in [0.717, 1.165) is 0 Å². The molecule has 0 saturated heterocycles. The molecule has 0 bridgehead atoms. The van der Waals surface area contributed by atoms with Crippen LogP contribution in [0.15, 0.2) is 22.8 Å². The van der Waals surface area contributed by atoms with E-state index in [1.165, 1.54) is 13.0 Å². The van der Waals surface area contributed by atoms with Crippen LogP contribution in [-0.4, -0.2) is 68.0 Å². The fraction of sp³-hybridized carbons (Fsp3) is 0.774. The molecule has 0 radical (unpaired) electrons. The fourth-order valence-electron chi connectivity index (χ4n) is 9.73. The summed E-state index contributed by atoms with van der Waals surface area (Å²) in [5, 5.41) is 53.8. The summed E-state index contributed by atoms with van der Waals surface area (Å²) in [5.41, 5.74) is -1.96. The van der Waals surface area contributed by atoms with Crippen molar-refractivity contribution in [3.8, 4) is 0 Å². The van der Waals surface area contributed by atoms with Gasteiger partial charge in [0.05, 0.1) is 18.3 Å². The van der Waals surface area contributed by atoms with E-state index in [0.29, 0.717) is 36.8 Å². The maximum absolute atomic E-state index is 14.2. The van der Waals surface area contributed by atoms with Gasteiger partial charge in [-0.3, -0.25) is 9.59 Å². The van der Waals surface area contributed by atoms with Crippen LogP contribution in [0.4, 0.5) is 0 Å². The van der Waals surface area contributed by atoms with Crippen LogP contribution in [0.2, 0.25) is 0 Å². The minimum Gasteiger partial charge on any atom is -0.478 e. The highest BCUT2D eigenvalue weighted by Crippen LogP contribution is 2.72. The van der Waals surface area contributed by atoms with Gasteiger partial charge in [0.15, 0.2) is 5.78 Å². The SMILES string of the molecule is CC(=CC(O)CC(C)C1CC(O)C2(CCO)C3=C(C(=O)CC12C)C1(C)CCC(=O)C(C)(C)C1CC3O)C(=O)O. The van der Waals surface area contributed by atoms with Gasteiger partial charge in [-0.2, -0.15) is 0 Å². The van der Waals surface area contributed by atoms with Crippen LogP contribution in [-0.2, 0) is 14.4 Å². The molecule has 5 N–H and O–H groups in total. The monoisotopic (exact) mass is 546 g/mol. The highest BCUT2D eigenvalue weighted by molar-refractivity contribution is 6.01. The molecule has 2 saturated carbocycles. The van der Waals surface area contributed by atoms with Crippen LogP contribution in [0.3, 0.4) is 0 Å². The number of aliphatic carboxylic acids is 1. The van der Waals surface area contributed by atoms with Gasteiger partial charge in [0, 0.05) is 46.8 Å². The lowest BCUT2D eigenvalue weighted by Crippen LogP contribution is -2.61. The number of Topliss-reactive ketones (excluding diaryl/α,β-unsaturated/α-hetero) is 2. The predicted molar refractivity (Wildman–Crippen MR) is 144 cm³/mol. The Labute approximate surface area is 231 Å². The molecule has 9 atom stereocenters.